The van der Waals surface area contributed by atoms with Crippen molar-refractivity contribution in [3.05, 3.63) is 65.2 Å². The summed E-state index contributed by atoms with van der Waals surface area (Å²) in [5.41, 5.74) is 4.22. The fourth-order valence-electron chi connectivity index (χ4n) is 1.82. The fraction of sp³-hybridized carbons (Fsp3) is 0.176. The molecule has 1 amide bonds. The van der Waals surface area contributed by atoms with Gasteiger partial charge < -0.3 is 4.74 Å². The van der Waals surface area contributed by atoms with Crippen molar-refractivity contribution in [3.8, 4) is 5.75 Å². The van der Waals surface area contributed by atoms with Gasteiger partial charge in [-0.25, -0.2) is 5.43 Å². The summed E-state index contributed by atoms with van der Waals surface area (Å²) >= 11 is 5.86. The Morgan fingerprint density at radius 1 is 1.14 bits per heavy atom. The van der Waals surface area contributed by atoms with Gasteiger partial charge in [0.2, 0.25) is 0 Å². The number of carbonyl (C=O) groups is 1. The van der Waals surface area contributed by atoms with Gasteiger partial charge in [0.1, 0.15) is 5.75 Å². The Bertz CT molecular complexity index is 639. The number of nitrogens with zero attached hydrogens (tertiary/aromatic N) is 1. The molecule has 0 radical (unpaired) electrons. The largest absolute Gasteiger partial charge is 0.484 e. The normalized spacial score (nSPS) is 11.1. The second kappa shape index (κ2) is 8.20. The number of para-hydroxylation sites is 1. The summed E-state index contributed by atoms with van der Waals surface area (Å²) in [5.74, 6) is 0.346. The van der Waals surface area contributed by atoms with Crippen LogP contribution in [0, 0.1) is 0 Å². The lowest BCUT2D eigenvalue weighted by molar-refractivity contribution is -0.123. The highest BCUT2D eigenvalue weighted by atomic mass is 35.5. The fourth-order valence-corrected chi connectivity index (χ4v) is 1.94. The van der Waals surface area contributed by atoms with E-state index in [9.17, 15) is 4.79 Å². The van der Waals surface area contributed by atoms with Crippen molar-refractivity contribution in [2.45, 2.75) is 13.3 Å². The van der Waals surface area contributed by atoms with Gasteiger partial charge in [0.15, 0.2) is 6.61 Å². The molecule has 0 fully saturated rings. The van der Waals surface area contributed by atoms with Crippen LogP contribution in [0.1, 0.15) is 18.9 Å². The molecule has 2 aromatic carbocycles. The summed E-state index contributed by atoms with van der Waals surface area (Å²) in [6, 6.07) is 16.5. The molecule has 0 aromatic heterocycles. The van der Waals surface area contributed by atoms with E-state index in [0.717, 1.165) is 11.3 Å². The zero-order chi connectivity index (χ0) is 15.8. The van der Waals surface area contributed by atoms with Gasteiger partial charge in [-0.05, 0) is 36.2 Å². The first kappa shape index (κ1) is 16.0. The number of hydrogen-bond acceptors (Lipinski definition) is 3. The Morgan fingerprint density at radius 2 is 1.82 bits per heavy atom. The van der Waals surface area contributed by atoms with Crippen LogP contribution in [-0.2, 0) is 4.79 Å². The topological polar surface area (TPSA) is 50.7 Å². The minimum absolute atomic E-state index is 0.0782. The maximum atomic E-state index is 11.8. The maximum Gasteiger partial charge on any atom is 0.277 e. The van der Waals surface area contributed by atoms with Crippen LogP contribution < -0.4 is 10.2 Å². The molecule has 0 saturated heterocycles. The molecule has 0 heterocycles. The molecule has 1 N–H and O–H groups in total. The summed E-state index contributed by atoms with van der Waals surface area (Å²) < 4.78 is 5.36. The van der Waals surface area contributed by atoms with Crippen LogP contribution in [0.5, 0.6) is 5.75 Å². The zero-order valence-corrected chi connectivity index (χ0v) is 13.0. The Morgan fingerprint density at radius 3 is 2.45 bits per heavy atom. The van der Waals surface area contributed by atoms with E-state index in [1.807, 2.05) is 37.3 Å². The van der Waals surface area contributed by atoms with Crippen molar-refractivity contribution in [2.24, 2.45) is 5.10 Å². The van der Waals surface area contributed by atoms with Crippen molar-refractivity contribution in [3.63, 3.8) is 0 Å². The minimum atomic E-state index is -0.302. The van der Waals surface area contributed by atoms with E-state index < -0.39 is 0 Å². The van der Waals surface area contributed by atoms with E-state index in [1.54, 1.807) is 24.3 Å². The average Bonchev–Trinajstić information content (AvgIpc) is 2.56. The lowest BCUT2D eigenvalue weighted by Crippen LogP contribution is -2.26. The Balaban J connectivity index is 1.91. The van der Waals surface area contributed by atoms with Crippen molar-refractivity contribution < 1.29 is 9.53 Å². The van der Waals surface area contributed by atoms with Gasteiger partial charge >= 0.3 is 0 Å². The Hall–Kier alpha value is -2.33. The second-order valence-corrected chi connectivity index (χ2v) is 4.99. The van der Waals surface area contributed by atoms with Gasteiger partial charge in [0, 0.05) is 5.02 Å². The summed E-state index contributed by atoms with van der Waals surface area (Å²) in [6.45, 7) is 1.89. The van der Waals surface area contributed by atoms with Gasteiger partial charge in [0.25, 0.3) is 5.91 Å². The molecular weight excluding hydrogens is 300 g/mol. The molecule has 4 nitrogen and oxygen atoms in total. The molecule has 0 aliphatic heterocycles. The summed E-state index contributed by atoms with van der Waals surface area (Å²) in [7, 11) is 0. The standard InChI is InChI=1S/C17H17ClN2O2/c1-2-16(13-8-10-14(18)11-9-13)19-20-17(21)12-22-15-6-4-3-5-7-15/h3-11H,2,12H2,1H3,(H,20,21). The van der Waals surface area contributed by atoms with E-state index in [1.165, 1.54) is 0 Å². The highest BCUT2D eigenvalue weighted by Crippen LogP contribution is 2.11. The van der Waals surface area contributed by atoms with Crippen molar-refractivity contribution in [2.75, 3.05) is 6.61 Å². The van der Waals surface area contributed by atoms with Crippen LogP contribution in [0.4, 0.5) is 0 Å². The van der Waals surface area contributed by atoms with Crippen molar-refractivity contribution >= 4 is 23.2 Å². The van der Waals surface area contributed by atoms with Crippen molar-refractivity contribution in [1.29, 1.82) is 0 Å². The summed E-state index contributed by atoms with van der Waals surface area (Å²) in [5, 5.41) is 4.81. The van der Waals surface area contributed by atoms with Crippen LogP contribution in [0.2, 0.25) is 5.02 Å². The molecular formula is C17H17ClN2O2. The molecule has 2 rings (SSSR count). The average molecular weight is 317 g/mol. The first-order valence-corrected chi connectivity index (χ1v) is 7.36. The molecule has 0 atom stereocenters. The molecule has 0 spiro atoms. The molecule has 0 unspecified atom stereocenters. The number of amides is 1. The van der Waals surface area contributed by atoms with Crippen LogP contribution in [0.15, 0.2) is 59.7 Å². The third kappa shape index (κ3) is 4.90. The van der Waals surface area contributed by atoms with Crippen LogP contribution >= 0.6 is 11.6 Å². The van der Waals surface area contributed by atoms with Gasteiger partial charge in [0.05, 0.1) is 5.71 Å². The smallest absolute Gasteiger partial charge is 0.277 e. The van der Waals surface area contributed by atoms with Gasteiger partial charge in [-0.15, -0.1) is 0 Å². The third-order valence-electron chi connectivity index (χ3n) is 2.94. The molecule has 0 aliphatic rings. The maximum absolute atomic E-state index is 11.8. The molecule has 114 valence electrons. The molecule has 5 heteroatoms. The lowest BCUT2D eigenvalue weighted by Gasteiger charge is -2.07. The van der Waals surface area contributed by atoms with Crippen LogP contribution in [0.3, 0.4) is 0 Å². The number of rotatable bonds is 6. The van der Waals surface area contributed by atoms with E-state index in [2.05, 4.69) is 10.5 Å². The van der Waals surface area contributed by atoms with Gasteiger partial charge in [-0.2, -0.15) is 5.10 Å². The quantitative estimate of drug-likeness (QED) is 0.653. The lowest BCUT2D eigenvalue weighted by atomic mass is 10.1. The number of hydrazone groups is 1. The van der Waals surface area contributed by atoms with E-state index in [0.29, 0.717) is 17.2 Å². The second-order valence-electron chi connectivity index (χ2n) is 4.56. The number of benzene rings is 2. The molecule has 0 aliphatic carbocycles. The first-order valence-electron chi connectivity index (χ1n) is 6.98. The number of halogens is 1. The van der Waals surface area contributed by atoms with Crippen LogP contribution in [-0.4, -0.2) is 18.2 Å². The summed E-state index contributed by atoms with van der Waals surface area (Å²) in [4.78, 5) is 11.8. The number of hydrogen-bond donors (Lipinski definition) is 1. The molecule has 22 heavy (non-hydrogen) atoms. The van der Waals surface area contributed by atoms with E-state index in [4.69, 9.17) is 16.3 Å². The SMILES string of the molecule is CCC(=NNC(=O)COc1ccccc1)c1ccc(Cl)cc1. The number of ether oxygens (including phenoxy) is 1. The predicted molar refractivity (Wildman–Crippen MR) is 88.4 cm³/mol. The van der Waals surface area contributed by atoms with E-state index >= 15 is 0 Å². The Kier molecular flexibility index (Phi) is 5.98. The molecule has 0 saturated carbocycles. The highest BCUT2D eigenvalue weighted by Gasteiger charge is 2.04. The predicted octanol–water partition coefficient (Wildman–Crippen LogP) is 3.65. The van der Waals surface area contributed by atoms with Gasteiger partial charge in [-0.1, -0.05) is 48.9 Å². The molecule has 0 bridgehead atoms. The summed E-state index contributed by atoms with van der Waals surface area (Å²) in [6.07, 6.45) is 0.696. The Labute approximate surface area is 134 Å². The van der Waals surface area contributed by atoms with Gasteiger partial charge in [-0.3, -0.25) is 4.79 Å². The third-order valence-corrected chi connectivity index (χ3v) is 3.19. The minimum Gasteiger partial charge on any atom is -0.484 e. The van der Waals surface area contributed by atoms with Crippen LogP contribution in [0.25, 0.3) is 0 Å². The number of nitrogens with one attached hydrogen (secondary N) is 1. The highest BCUT2D eigenvalue weighted by molar-refractivity contribution is 6.30. The monoisotopic (exact) mass is 316 g/mol. The van der Waals surface area contributed by atoms with Crippen molar-refractivity contribution in [1.82, 2.24) is 5.43 Å². The molecule has 2 aromatic rings. The first-order chi connectivity index (χ1) is 10.7. The zero-order valence-electron chi connectivity index (χ0n) is 12.3. The van der Waals surface area contributed by atoms with E-state index in [-0.39, 0.29) is 12.5 Å². The number of carbonyl (C=O) groups excluding carboxylic acids is 1.